The average molecular weight is 1420 g/mol. The molecule has 3 aliphatic rings. The van der Waals surface area contributed by atoms with Crippen LogP contribution >= 0.6 is 0 Å². The molecule has 14 N–H and O–H groups in total. The van der Waals surface area contributed by atoms with E-state index in [2.05, 4.69) is 36.6 Å². The van der Waals surface area contributed by atoms with Gasteiger partial charge in [-0.1, -0.05) is 270 Å². The van der Waals surface area contributed by atoms with Gasteiger partial charge in [-0.25, -0.2) is 4.79 Å². The van der Waals surface area contributed by atoms with Crippen LogP contribution in [0.15, 0.2) is 12.2 Å². The molecule has 0 aromatic rings. The van der Waals surface area contributed by atoms with E-state index < -0.39 is 148 Å². The summed E-state index contributed by atoms with van der Waals surface area (Å²) >= 11 is 0. The first-order chi connectivity index (χ1) is 47.9. The third-order valence-corrected chi connectivity index (χ3v) is 20.2. The Bertz CT molecular complexity index is 2030. The van der Waals surface area contributed by atoms with Gasteiger partial charge in [0, 0.05) is 19.8 Å². The van der Waals surface area contributed by atoms with Crippen molar-refractivity contribution in [2.45, 2.75) is 426 Å². The molecule has 18 unspecified atom stereocenters. The third-order valence-electron chi connectivity index (χ3n) is 20.2. The quantitative estimate of drug-likeness (QED) is 0.0199. The van der Waals surface area contributed by atoms with Crippen LogP contribution in [0.5, 0.6) is 0 Å². The van der Waals surface area contributed by atoms with Gasteiger partial charge in [0.25, 0.3) is 5.79 Å². The lowest BCUT2D eigenvalue weighted by atomic mass is 9.88. The van der Waals surface area contributed by atoms with Crippen molar-refractivity contribution in [2.24, 2.45) is 0 Å². The van der Waals surface area contributed by atoms with E-state index in [0.717, 1.165) is 58.3 Å². The lowest BCUT2D eigenvalue weighted by Gasteiger charge is -2.50. The molecule has 582 valence electrons. The highest BCUT2D eigenvalue weighted by molar-refractivity contribution is 5.77. The Labute approximate surface area is 594 Å². The summed E-state index contributed by atoms with van der Waals surface area (Å²) in [6, 6.07) is -2.53. The molecular formula is C76H142N2O21. The average Bonchev–Trinajstić information content (AvgIpc) is 0.756. The van der Waals surface area contributed by atoms with E-state index in [4.69, 9.17) is 28.4 Å². The van der Waals surface area contributed by atoms with Gasteiger partial charge in [0.15, 0.2) is 12.6 Å². The molecule has 3 rings (SSSR count). The van der Waals surface area contributed by atoms with Crippen molar-refractivity contribution in [2.75, 3.05) is 26.4 Å². The highest BCUT2D eigenvalue weighted by atomic mass is 16.8. The third kappa shape index (κ3) is 36.8. The first-order valence-corrected chi connectivity index (χ1v) is 39.5. The van der Waals surface area contributed by atoms with Crippen LogP contribution in [-0.2, 0) is 42.8 Å². The molecule has 3 aliphatic heterocycles. The van der Waals surface area contributed by atoms with Crippen molar-refractivity contribution in [3.05, 3.63) is 12.2 Å². The van der Waals surface area contributed by atoms with E-state index in [1.807, 2.05) is 0 Å². The zero-order valence-corrected chi connectivity index (χ0v) is 61.4. The number of hydrogen-bond acceptors (Lipinski definition) is 20. The van der Waals surface area contributed by atoms with Crippen molar-refractivity contribution in [1.82, 2.24) is 10.6 Å². The van der Waals surface area contributed by atoms with Crippen molar-refractivity contribution >= 4 is 17.8 Å². The first kappa shape index (κ1) is 90.7. The van der Waals surface area contributed by atoms with Crippen LogP contribution in [0.3, 0.4) is 0 Å². The van der Waals surface area contributed by atoms with Crippen molar-refractivity contribution < 1.29 is 104 Å². The van der Waals surface area contributed by atoms with E-state index in [0.29, 0.717) is 19.3 Å². The van der Waals surface area contributed by atoms with Crippen molar-refractivity contribution in [1.29, 1.82) is 0 Å². The van der Waals surface area contributed by atoms with Crippen LogP contribution in [0.1, 0.15) is 316 Å². The molecule has 0 aromatic heterocycles. The standard InChI is InChI=1S/C76H142N2O21/c1-4-6-8-10-12-14-16-18-19-20-21-22-23-24-25-26-27-28-29-30-31-32-33-34-35-36-37-38-40-42-44-46-48-50-63(86)78-57(58(83)49-47-45-43-41-39-17-15-13-11-9-7-5-2)55-94-73-68(90)67(89)70(62(54-81)96-73)97-74-69(91)72(66(88)61(53-80)95-74)99-76(75(92)93)51-59(84)64(77-56(3)82)71(98-76)65(87)60(85)52-79/h24-25,57-62,64-74,79-81,83-85,87-91H,4-23,26-55H2,1-3H3,(H,77,82)(H,78,86)(H,92,93)/b25-24-. The van der Waals surface area contributed by atoms with Gasteiger partial charge in [0.2, 0.25) is 11.8 Å². The smallest absolute Gasteiger partial charge is 0.364 e. The number of nitrogens with one attached hydrogen (secondary N) is 2. The largest absolute Gasteiger partial charge is 0.477 e. The topological polar surface area (TPSA) is 373 Å². The number of rotatable bonds is 62. The molecule has 0 saturated carbocycles. The number of aliphatic carboxylic acids is 1. The number of carbonyl (C=O) groups is 3. The van der Waals surface area contributed by atoms with E-state index in [1.165, 1.54) is 212 Å². The summed E-state index contributed by atoms with van der Waals surface area (Å²) in [4.78, 5) is 38.6. The first-order valence-electron chi connectivity index (χ1n) is 39.5. The number of unbranched alkanes of at least 4 members (excludes halogenated alkanes) is 40. The van der Waals surface area contributed by atoms with Gasteiger partial charge < -0.3 is 100 Å². The fourth-order valence-electron chi connectivity index (χ4n) is 13.9. The van der Waals surface area contributed by atoms with Gasteiger partial charge in [-0.2, -0.15) is 0 Å². The molecule has 2 amide bonds. The number of hydrogen-bond donors (Lipinski definition) is 14. The number of ether oxygens (including phenoxy) is 6. The summed E-state index contributed by atoms with van der Waals surface area (Å²) in [5, 5.41) is 136. The number of aliphatic hydroxyl groups excluding tert-OH is 11. The monoisotopic (exact) mass is 1420 g/mol. The zero-order valence-electron chi connectivity index (χ0n) is 61.4. The Morgan fingerprint density at radius 3 is 1.36 bits per heavy atom. The summed E-state index contributed by atoms with van der Waals surface area (Å²) < 4.78 is 34.9. The molecule has 0 aliphatic carbocycles. The minimum Gasteiger partial charge on any atom is -0.477 e. The maximum Gasteiger partial charge on any atom is 0.364 e. The fourth-order valence-corrected chi connectivity index (χ4v) is 13.9. The molecule has 3 heterocycles. The van der Waals surface area contributed by atoms with Crippen molar-refractivity contribution in [3.63, 3.8) is 0 Å². The molecule has 0 aromatic carbocycles. The van der Waals surface area contributed by atoms with E-state index in [9.17, 15) is 75.7 Å². The van der Waals surface area contributed by atoms with Crippen molar-refractivity contribution in [3.8, 4) is 0 Å². The molecule has 3 fully saturated rings. The minimum atomic E-state index is -3.08. The summed E-state index contributed by atoms with van der Waals surface area (Å²) in [7, 11) is 0. The van der Waals surface area contributed by atoms with Crippen LogP contribution in [0, 0.1) is 0 Å². The SMILES string of the molecule is CCCCCCCCCCCCCC/C=C\CCCCCCCCCCCCCCCCCCCC(=O)NC(COC1OC(CO)C(OC2OC(CO)C(O)C(OC3(C(=O)O)CC(O)C(NC(C)=O)C(C(O)C(O)CO)O3)C2O)C(O)C1O)C(O)CCCCCCCCCCCCCC. The van der Waals surface area contributed by atoms with Crippen LogP contribution in [-0.4, -0.2) is 215 Å². The molecule has 18 atom stereocenters. The van der Waals surface area contributed by atoms with E-state index >= 15 is 0 Å². The number of carboxylic acids is 1. The molecule has 0 bridgehead atoms. The Kier molecular flexibility index (Phi) is 51.2. The highest BCUT2D eigenvalue weighted by Gasteiger charge is 2.60. The molecule has 23 nitrogen and oxygen atoms in total. The summed E-state index contributed by atoms with van der Waals surface area (Å²) in [6.07, 6.45) is 29.6. The number of aliphatic hydroxyl groups is 11. The highest BCUT2D eigenvalue weighted by Crippen LogP contribution is 2.39. The lowest BCUT2D eigenvalue weighted by molar-refractivity contribution is -0.386. The number of carbonyl (C=O) groups excluding carboxylic acids is 2. The van der Waals surface area contributed by atoms with Gasteiger partial charge >= 0.3 is 5.97 Å². The second kappa shape index (κ2) is 55.9. The maximum atomic E-state index is 13.5. The number of carboxylic acid groups (broad SMARTS) is 1. The molecular weight excluding hydrogens is 1280 g/mol. The Balaban J connectivity index is 1.44. The Hall–Kier alpha value is -2.53. The number of allylic oxidation sites excluding steroid dienone is 2. The zero-order chi connectivity index (χ0) is 72.5. The van der Waals surface area contributed by atoms with Crippen LogP contribution in [0.2, 0.25) is 0 Å². The Morgan fingerprint density at radius 1 is 0.515 bits per heavy atom. The van der Waals surface area contributed by atoms with Gasteiger partial charge in [0.05, 0.1) is 50.7 Å². The fraction of sp³-hybridized carbons (Fsp3) is 0.934. The molecule has 3 saturated heterocycles. The Morgan fingerprint density at radius 2 is 0.939 bits per heavy atom. The van der Waals surface area contributed by atoms with Gasteiger partial charge in [0.1, 0.15) is 67.1 Å². The summed E-state index contributed by atoms with van der Waals surface area (Å²) in [5.41, 5.74) is 0. The summed E-state index contributed by atoms with van der Waals surface area (Å²) in [5.74, 6) is -6.09. The van der Waals surface area contributed by atoms with E-state index in [1.54, 1.807) is 0 Å². The second-order valence-electron chi connectivity index (χ2n) is 28.9. The van der Waals surface area contributed by atoms with Crippen LogP contribution < -0.4 is 10.6 Å². The normalized spacial score (nSPS) is 27.1. The molecule has 23 heteroatoms. The maximum absolute atomic E-state index is 13.5. The molecule has 0 radical (unpaired) electrons. The van der Waals surface area contributed by atoms with Crippen LogP contribution in [0.4, 0.5) is 0 Å². The minimum absolute atomic E-state index is 0.227. The number of amides is 2. The van der Waals surface area contributed by atoms with E-state index in [-0.39, 0.29) is 18.9 Å². The lowest BCUT2D eigenvalue weighted by Crippen LogP contribution is -2.70. The van der Waals surface area contributed by atoms with Gasteiger partial charge in [-0.15, -0.1) is 0 Å². The second-order valence-corrected chi connectivity index (χ2v) is 28.9. The predicted molar refractivity (Wildman–Crippen MR) is 380 cm³/mol. The van der Waals surface area contributed by atoms with Gasteiger partial charge in [-0.3, -0.25) is 9.59 Å². The predicted octanol–water partition coefficient (Wildman–Crippen LogP) is 9.80. The molecule has 99 heavy (non-hydrogen) atoms. The van der Waals surface area contributed by atoms with Gasteiger partial charge in [-0.05, 0) is 38.5 Å². The summed E-state index contributed by atoms with van der Waals surface area (Å²) in [6.45, 7) is 2.22. The van der Waals surface area contributed by atoms with Crippen LogP contribution in [0.25, 0.3) is 0 Å². The molecule has 0 spiro atoms.